The Balaban J connectivity index is 2.69. The summed E-state index contributed by atoms with van der Waals surface area (Å²) in [6, 6.07) is 6.38. The number of fused-ring (bicyclic) bond motifs is 1. The second-order valence-corrected chi connectivity index (χ2v) is 3.57. The Bertz CT molecular complexity index is 406. The van der Waals surface area contributed by atoms with Crippen molar-refractivity contribution in [1.82, 2.24) is 9.78 Å². The molecule has 2 aromatic rings. The Morgan fingerprint density at radius 1 is 1.42 bits per heavy atom. The molecule has 62 valence electrons. The predicted molar refractivity (Wildman–Crippen MR) is 52.5 cm³/mol. The first-order valence-electron chi connectivity index (χ1n) is 3.77. The molecule has 0 aliphatic carbocycles. The molecule has 0 spiro atoms. The van der Waals surface area contributed by atoms with Crippen LogP contribution in [0.15, 0.2) is 29.3 Å². The molecule has 1 aromatic heterocycles. The molecule has 0 radical (unpaired) electrons. The Morgan fingerprint density at radius 2 is 2.25 bits per heavy atom. The van der Waals surface area contributed by atoms with Gasteiger partial charge in [0.2, 0.25) is 0 Å². The monoisotopic (exact) mass is 178 g/mol. The summed E-state index contributed by atoms with van der Waals surface area (Å²) in [6.07, 6.45) is 3.98. The summed E-state index contributed by atoms with van der Waals surface area (Å²) in [4.78, 5) is 1.29. The summed E-state index contributed by atoms with van der Waals surface area (Å²) in [6.45, 7) is 0. The minimum atomic E-state index is 1.19. The normalized spacial score (nSPS) is 10.8. The molecule has 0 bridgehead atoms. The molecule has 1 aromatic carbocycles. The lowest BCUT2D eigenvalue weighted by Crippen LogP contribution is -1.87. The van der Waals surface area contributed by atoms with Crippen molar-refractivity contribution in [2.24, 2.45) is 7.05 Å². The van der Waals surface area contributed by atoms with E-state index in [1.165, 1.54) is 15.8 Å². The molecule has 12 heavy (non-hydrogen) atoms. The number of hydrogen-bond acceptors (Lipinski definition) is 2. The molecular formula is C9H10N2S. The maximum atomic E-state index is 4.18. The molecule has 0 aliphatic heterocycles. The first-order chi connectivity index (χ1) is 5.81. The number of benzene rings is 1. The Morgan fingerprint density at radius 3 is 3.00 bits per heavy atom. The van der Waals surface area contributed by atoms with Crippen molar-refractivity contribution < 1.29 is 0 Å². The standard InChI is InChI=1S/C9H10N2S/c1-11-9-4-3-8(12-2)5-7(9)6-10-11/h3-6H,1-2H3. The van der Waals surface area contributed by atoms with E-state index in [9.17, 15) is 0 Å². The van der Waals surface area contributed by atoms with E-state index in [2.05, 4.69) is 29.6 Å². The van der Waals surface area contributed by atoms with Gasteiger partial charge >= 0.3 is 0 Å². The van der Waals surface area contributed by atoms with Crippen molar-refractivity contribution in [3.63, 3.8) is 0 Å². The third-order valence-corrected chi connectivity index (χ3v) is 2.68. The first kappa shape index (κ1) is 7.68. The topological polar surface area (TPSA) is 17.8 Å². The van der Waals surface area contributed by atoms with Gasteiger partial charge in [-0.15, -0.1) is 11.8 Å². The maximum Gasteiger partial charge on any atom is 0.0679 e. The highest BCUT2D eigenvalue weighted by Crippen LogP contribution is 2.20. The van der Waals surface area contributed by atoms with Crippen molar-refractivity contribution in [2.75, 3.05) is 6.26 Å². The van der Waals surface area contributed by atoms with Gasteiger partial charge in [0, 0.05) is 17.3 Å². The number of aromatic nitrogens is 2. The van der Waals surface area contributed by atoms with Gasteiger partial charge in [-0.1, -0.05) is 0 Å². The second kappa shape index (κ2) is 2.83. The van der Waals surface area contributed by atoms with E-state index in [0.29, 0.717) is 0 Å². The van der Waals surface area contributed by atoms with Crippen molar-refractivity contribution in [3.8, 4) is 0 Å². The quantitative estimate of drug-likeness (QED) is 0.623. The molecule has 0 saturated heterocycles. The van der Waals surface area contributed by atoms with Crippen LogP contribution in [0.5, 0.6) is 0 Å². The van der Waals surface area contributed by atoms with Gasteiger partial charge in [0.1, 0.15) is 0 Å². The van der Waals surface area contributed by atoms with E-state index in [1.807, 2.05) is 17.9 Å². The Kier molecular flexibility index (Phi) is 1.81. The van der Waals surface area contributed by atoms with Crippen LogP contribution in [-0.4, -0.2) is 16.0 Å². The van der Waals surface area contributed by atoms with Crippen molar-refractivity contribution in [2.45, 2.75) is 4.90 Å². The van der Waals surface area contributed by atoms with E-state index < -0.39 is 0 Å². The lowest BCUT2D eigenvalue weighted by atomic mass is 10.3. The maximum absolute atomic E-state index is 4.18. The van der Waals surface area contributed by atoms with E-state index >= 15 is 0 Å². The van der Waals surface area contributed by atoms with E-state index in [1.54, 1.807) is 11.8 Å². The molecule has 1 heterocycles. The number of thioether (sulfide) groups is 1. The van der Waals surface area contributed by atoms with Gasteiger partial charge in [-0.3, -0.25) is 4.68 Å². The summed E-state index contributed by atoms with van der Waals surface area (Å²) in [5, 5.41) is 5.39. The summed E-state index contributed by atoms with van der Waals surface area (Å²) in [5.41, 5.74) is 1.19. The van der Waals surface area contributed by atoms with E-state index in [0.717, 1.165) is 0 Å². The molecule has 2 nitrogen and oxygen atoms in total. The van der Waals surface area contributed by atoms with Gasteiger partial charge < -0.3 is 0 Å². The summed E-state index contributed by atoms with van der Waals surface area (Å²) in [7, 11) is 1.96. The molecule has 0 amide bonds. The summed E-state index contributed by atoms with van der Waals surface area (Å²) < 4.78 is 1.89. The van der Waals surface area contributed by atoms with Gasteiger partial charge in [0.05, 0.1) is 11.7 Å². The number of nitrogens with zero attached hydrogens (tertiary/aromatic N) is 2. The fourth-order valence-electron chi connectivity index (χ4n) is 1.27. The van der Waals surface area contributed by atoms with Gasteiger partial charge in [-0.2, -0.15) is 5.10 Å². The highest BCUT2D eigenvalue weighted by atomic mass is 32.2. The minimum absolute atomic E-state index is 1.19. The Hall–Kier alpha value is -0.960. The van der Waals surface area contributed by atoms with E-state index in [-0.39, 0.29) is 0 Å². The largest absolute Gasteiger partial charge is 0.268 e. The molecule has 3 heteroatoms. The molecule has 0 unspecified atom stereocenters. The first-order valence-corrected chi connectivity index (χ1v) is 4.99. The van der Waals surface area contributed by atoms with Crippen LogP contribution in [0.4, 0.5) is 0 Å². The average molecular weight is 178 g/mol. The zero-order valence-electron chi connectivity index (χ0n) is 7.11. The third-order valence-electron chi connectivity index (χ3n) is 1.95. The SMILES string of the molecule is CSc1ccc2c(cnn2C)c1. The van der Waals surface area contributed by atoms with Crippen LogP contribution in [0.25, 0.3) is 10.9 Å². The molecular weight excluding hydrogens is 168 g/mol. The predicted octanol–water partition coefficient (Wildman–Crippen LogP) is 2.30. The van der Waals surface area contributed by atoms with Gasteiger partial charge in [0.15, 0.2) is 0 Å². The number of aryl methyl sites for hydroxylation is 1. The van der Waals surface area contributed by atoms with Crippen LogP contribution < -0.4 is 0 Å². The highest BCUT2D eigenvalue weighted by molar-refractivity contribution is 7.98. The average Bonchev–Trinajstić information content (AvgIpc) is 2.47. The van der Waals surface area contributed by atoms with Crippen molar-refractivity contribution >= 4 is 22.7 Å². The zero-order valence-corrected chi connectivity index (χ0v) is 7.93. The van der Waals surface area contributed by atoms with Crippen LogP contribution in [0.3, 0.4) is 0 Å². The van der Waals surface area contributed by atoms with E-state index in [4.69, 9.17) is 0 Å². The Labute approximate surface area is 75.6 Å². The van der Waals surface area contributed by atoms with Crippen LogP contribution in [0.1, 0.15) is 0 Å². The van der Waals surface area contributed by atoms with Crippen LogP contribution in [0, 0.1) is 0 Å². The fourth-order valence-corrected chi connectivity index (χ4v) is 1.72. The second-order valence-electron chi connectivity index (χ2n) is 2.69. The highest BCUT2D eigenvalue weighted by Gasteiger charge is 1.98. The molecule has 0 atom stereocenters. The number of hydrogen-bond donors (Lipinski definition) is 0. The molecule has 2 rings (SSSR count). The van der Waals surface area contributed by atoms with Crippen LogP contribution in [-0.2, 0) is 7.05 Å². The van der Waals surface area contributed by atoms with Gasteiger partial charge in [0.25, 0.3) is 0 Å². The van der Waals surface area contributed by atoms with Crippen molar-refractivity contribution in [3.05, 3.63) is 24.4 Å². The third kappa shape index (κ3) is 1.10. The summed E-state index contributed by atoms with van der Waals surface area (Å²) >= 11 is 1.76. The minimum Gasteiger partial charge on any atom is -0.268 e. The van der Waals surface area contributed by atoms with Gasteiger partial charge in [-0.25, -0.2) is 0 Å². The number of rotatable bonds is 1. The molecule has 0 saturated carbocycles. The van der Waals surface area contributed by atoms with Gasteiger partial charge in [-0.05, 0) is 24.5 Å². The lowest BCUT2D eigenvalue weighted by molar-refractivity contribution is 0.797. The fraction of sp³-hybridized carbons (Fsp3) is 0.222. The van der Waals surface area contributed by atoms with Crippen molar-refractivity contribution in [1.29, 1.82) is 0 Å². The zero-order chi connectivity index (χ0) is 8.55. The molecule has 0 fully saturated rings. The molecule has 0 N–H and O–H groups in total. The smallest absolute Gasteiger partial charge is 0.0679 e. The lowest BCUT2D eigenvalue weighted by Gasteiger charge is -1.96. The van der Waals surface area contributed by atoms with Crippen LogP contribution >= 0.6 is 11.8 Å². The molecule has 0 aliphatic rings. The summed E-state index contributed by atoms with van der Waals surface area (Å²) in [5.74, 6) is 0. The van der Waals surface area contributed by atoms with Crippen LogP contribution in [0.2, 0.25) is 0 Å².